The molecular weight excluding hydrogens is 385 g/mol. The van der Waals surface area contributed by atoms with Crippen molar-refractivity contribution in [1.82, 2.24) is 14.9 Å². The molecule has 6 nitrogen and oxygen atoms in total. The lowest BCUT2D eigenvalue weighted by molar-refractivity contribution is -0.00592. The molecule has 0 aliphatic carbocycles. The van der Waals surface area contributed by atoms with E-state index in [2.05, 4.69) is 22.2 Å². The smallest absolute Gasteiger partial charge is 0.294 e. The van der Waals surface area contributed by atoms with Gasteiger partial charge in [0.15, 0.2) is 5.69 Å². The minimum Gasteiger partial charge on any atom is -0.361 e. The maximum atomic E-state index is 14.7. The third kappa shape index (κ3) is 3.94. The largest absolute Gasteiger partial charge is 0.361 e. The number of nitrogens with one attached hydrogen (secondary N) is 1. The van der Waals surface area contributed by atoms with E-state index in [9.17, 15) is 18.0 Å². The molecule has 152 valence electrons. The average Bonchev–Trinajstić information content (AvgIpc) is 3.19. The summed E-state index contributed by atoms with van der Waals surface area (Å²) < 4.78 is 48.9. The Labute approximate surface area is 165 Å². The van der Waals surface area contributed by atoms with E-state index in [4.69, 9.17) is 4.52 Å². The van der Waals surface area contributed by atoms with Crippen molar-refractivity contribution in [2.75, 3.05) is 5.32 Å². The van der Waals surface area contributed by atoms with Crippen molar-refractivity contribution in [3.8, 4) is 11.3 Å². The van der Waals surface area contributed by atoms with Crippen LogP contribution in [0.4, 0.5) is 18.9 Å². The summed E-state index contributed by atoms with van der Waals surface area (Å²) in [6, 6.07) is 5.09. The van der Waals surface area contributed by atoms with Crippen molar-refractivity contribution in [1.29, 1.82) is 0 Å². The Morgan fingerprint density at radius 2 is 2.07 bits per heavy atom. The summed E-state index contributed by atoms with van der Waals surface area (Å²) in [7, 11) is 1.45. The molecule has 1 amide bonds. The van der Waals surface area contributed by atoms with Gasteiger partial charge in [0.05, 0.1) is 5.69 Å². The van der Waals surface area contributed by atoms with Gasteiger partial charge in [-0.1, -0.05) is 11.2 Å². The van der Waals surface area contributed by atoms with Crippen LogP contribution >= 0.6 is 0 Å². The zero-order valence-corrected chi connectivity index (χ0v) is 16.1. The molecule has 0 unspecified atom stereocenters. The zero-order valence-electron chi connectivity index (χ0n) is 16.1. The van der Waals surface area contributed by atoms with Crippen LogP contribution in [-0.4, -0.2) is 20.8 Å². The molecule has 0 radical (unpaired) electrons. The molecule has 0 fully saturated rings. The minimum atomic E-state index is -3.20. The molecule has 2 aromatic heterocycles. The Morgan fingerprint density at radius 1 is 1.34 bits per heavy atom. The summed E-state index contributed by atoms with van der Waals surface area (Å²) in [4.78, 5) is 12.3. The van der Waals surface area contributed by atoms with Gasteiger partial charge in [-0.05, 0) is 38.1 Å². The number of hydrogen-bond acceptors (Lipinski definition) is 4. The number of hydrogen-bond donors (Lipinski definition) is 1. The van der Waals surface area contributed by atoms with E-state index in [1.54, 1.807) is 13.8 Å². The second-order valence-electron chi connectivity index (χ2n) is 6.60. The van der Waals surface area contributed by atoms with Crippen LogP contribution in [0, 0.1) is 19.7 Å². The Kier molecular flexibility index (Phi) is 5.32. The van der Waals surface area contributed by atoms with Gasteiger partial charge < -0.3 is 9.84 Å². The van der Waals surface area contributed by atoms with Crippen LogP contribution in [0.15, 0.2) is 41.4 Å². The lowest BCUT2D eigenvalue weighted by atomic mass is 10.1. The average molecular weight is 404 g/mol. The lowest BCUT2D eigenvalue weighted by Crippen LogP contribution is -2.13. The van der Waals surface area contributed by atoms with Crippen molar-refractivity contribution in [3.05, 3.63) is 65.4 Å². The molecule has 0 spiro atoms. The number of rotatable bonds is 6. The van der Waals surface area contributed by atoms with E-state index < -0.39 is 29.8 Å². The normalized spacial score (nSPS) is 11.5. The van der Waals surface area contributed by atoms with E-state index in [0.717, 1.165) is 18.2 Å². The first-order chi connectivity index (χ1) is 13.6. The highest BCUT2D eigenvalue weighted by Gasteiger charge is 2.34. The number of nitrogens with zero attached hydrogens (tertiary/aromatic N) is 3. The number of carbonyl (C=O) groups excluding carboxylic acids is 1. The fourth-order valence-corrected chi connectivity index (χ4v) is 2.80. The molecule has 3 aromatic rings. The highest BCUT2D eigenvalue weighted by Crippen LogP contribution is 2.34. The minimum absolute atomic E-state index is 0.0760. The zero-order chi connectivity index (χ0) is 21.3. The number of anilines is 1. The van der Waals surface area contributed by atoms with Gasteiger partial charge >= 0.3 is 0 Å². The molecule has 0 aliphatic heterocycles. The number of alkyl halides is 2. The monoisotopic (exact) mass is 404 g/mol. The third-order valence-corrected chi connectivity index (χ3v) is 4.53. The van der Waals surface area contributed by atoms with Crippen molar-refractivity contribution in [2.45, 2.75) is 26.2 Å². The number of aromatic nitrogens is 3. The quantitative estimate of drug-likeness (QED) is 0.602. The molecule has 0 saturated carbocycles. The predicted molar refractivity (Wildman–Crippen MR) is 101 cm³/mol. The number of carbonyl (C=O) groups is 1. The van der Waals surface area contributed by atoms with Gasteiger partial charge in [-0.15, -0.1) is 6.58 Å². The Hall–Kier alpha value is -3.36. The fourth-order valence-electron chi connectivity index (χ4n) is 2.80. The molecule has 0 bridgehead atoms. The van der Waals surface area contributed by atoms with Gasteiger partial charge in [0.2, 0.25) is 0 Å². The molecule has 0 atom stereocenters. The molecule has 3 rings (SSSR count). The van der Waals surface area contributed by atoms with E-state index in [1.165, 1.54) is 23.9 Å². The Bertz CT molecular complexity index is 1090. The van der Waals surface area contributed by atoms with Crippen molar-refractivity contribution in [2.24, 2.45) is 7.05 Å². The van der Waals surface area contributed by atoms with Gasteiger partial charge in [0.1, 0.15) is 17.3 Å². The molecule has 2 heterocycles. The molecule has 1 N–H and O–H groups in total. The van der Waals surface area contributed by atoms with Gasteiger partial charge in [-0.2, -0.15) is 13.9 Å². The lowest BCUT2D eigenvalue weighted by Gasteiger charge is -2.09. The summed E-state index contributed by atoms with van der Waals surface area (Å²) in [5, 5.41) is 10.0. The number of aryl methyl sites for hydroxylation is 2. The fraction of sp³-hybridized carbons (Fsp3) is 0.250. The number of halogens is 3. The summed E-state index contributed by atoms with van der Waals surface area (Å²) in [6.45, 7) is 6.68. The third-order valence-electron chi connectivity index (χ3n) is 4.53. The molecular formula is C20H19F3N4O2. The summed E-state index contributed by atoms with van der Waals surface area (Å²) in [6.07, 6.45) is 0.530. The topological polar surface area (TPSA) is 73.0 Å². The van der Waals surface area contributed by atoms with E-state index >= 15 is 0 Å². The Balaban J connectivity index is 1.87. The van der Waals surface area contributed by atoms with Gasteiger partial charge in [0, 0.05) is 30.3 Å². The molecule has 1 aromatic carbocycles. The highest BCUT2D eigenvalue weighted by molar-refractivity contribution is 6.03. The maximum Gasteiger partial charge on any atom is 0.294 e. The van der Waals surface area contributed by atoms with E-state index in [-0.39, 0.29) is 22.6 Å². The van der Waals surface area contributed by atoms with E-state index in [1.807, 2.05) is 0 Å². The van der Waals surface area contributed by atoms with Crippen LogP contribution in [0.1, 0.15) is 33.9 Å². The van der Waals surface area contributed by atoms with Crippen LogP contribution in [0.3, 0.4) is 0 Å². The van der Waals surface area contributed by atoms with E-state index in [0.29, 0.717) is 11.3 Å². The van der Waals surface area contributed by atoms with Crippen molar-refractivity contribution >= 4 is 11.6 Å². The van der Waals surface area contributed by atoms with Crippen molar-refractivity contribution in [3.63, 3.8) is 0 Å². The highest BCUT2D eigenvalue weighted by atomic mass is 19.3. The maximum absolute atomic E-state index is 14.7. The van der Waals surface area contributed by atoms with Gasteiger partial charge in [-0.3, -0.25) is 9.48 Å². The molecule has 0 aliphatic rings. The summed E-state index contributed by atoms with van der Waals surface area (Å²) in [5.41, 5.74) is 0.670. The first-order valence-electron chi connectivity index (χ1n) is 8.71. The Morgan fingerprint density at radius 3 is 2.66 bits per heavy atom. The van der Waals surface area contributed by atoms with Crippen LogP contribution in [0.25, 0.3) is 11.3 Å². The molecule has 29 heavy (non-hydrogen) atoms. The number of amides is 1. The molecule has 0 saturated heterocycles. The van der Waals surface area contributed by atoms with Gasteiger partial charge in [-0.25, -0.2) is 4.39 Å². The number of benzene rings is 1. The first kappa shape index (κ1) is 20.4. The summed E-state index contributed by atoms with van der Waals surface area (Å²) in [5.74, 6) is -3.93. The molecule has 9 heteroatoms. The van der Waals surface area contributed by atoms with Crippen LogP contribution in [-0.2, 0) is 13.0 Å². The van der Waals surface area contributed by atoms with Crippen LogP contribution < -0.4 is 5.32 Å². The second-order valence-corrected chi connectivity index (χ2v) is 6.60. The van der Waals surface area contributed by atoms with Crippen LogP contribution in [0.2, 0.25) is 0 Å². The standard InChI is InChI=1S/C20H19F3N4O2/c1-5-8-20(22,23)17-10-16(27(4)25-17)14-7-6-13(9-15(14)21)24-19(28)18-11(2)12(3)29-26-18/h5-7,9-10H,1,8H2,2-4H3,(H,24,28). The van der Waals surface area contributed by atoms with Gasteiger partial charge in [0.25, 0.3) is 11.8 Å². The predicted octanol–water partition coefficient (Wildman–Crippen LogP) is 4.75. The number of allylic oxidation sites excluding steroid dienone is 1. The van der Waals surface area contributed by atoms with Crippen molar-refractivity contribution < 1.29 is 22.5 Å². The van der Waals surface area contributed by atoms with Crippen LogP contribution in [0.5, 0.6) is 0 Å². The first-order valence-corrected chi connectivity index (χ1v) is 8.71. The summed E-state index contributed by atoms with van der Waals surface area (Å²) >= 11 is 0. The SMILES string of the molecule is C=CCC(F)(F)c1cc(-c2ccc(NC(=O)c3noc(C)c3C)cc2F)n(C)n1. The second kappa shape index (κ2) is 7.57.